The van der Waals surface area contributed by atoms with E-state index in [4.69, 9.17) is 10.4 Å². The lowest BCUT2D eigenvalue weighted by atomic mass is 10.2. The number of carboxylic acids is 1. The molecule has 0 unspecified atom stereocenters. The summed E-state index contributed by atoms with van der Waals surface area (Å²) in [6, 6.07) is 5.93. The van der Waals surface area contributed by atoms with Crippen LogP contribution in [0.1, 0.15) is 5.56 Å². The van der Waals surface area contributed by atoms with Gasteiger partial charge in [-0.15, -0.1) is 11.8 Å². The molecule has 82 valence electrons. The molecular weight excluding hydrogens is 232 g/mol. The molecule has 0 aromatic heterocycles. The van der Waals surface area contributed by atoms with Gasteiger partial charge in [0.05, 0.1) is 15.6 Å². The van der Waals surface area contributed by atoms with Crippen molar-refractivity contribution in [2.45, 2.75) is 4.90 Å². The smallest absolute Gasteiger partial charge is 0.313 e. The molecule has 0 saturated heterocycles. The van der Waals surface area contributed by atoms with Crippen molar-refractivity contribution in [2.24, 2.45) is 0 Å². The fourth-order valence-electron chi connectivity index (χ4n) is 1.06. The summed E-state index contributed by atoms with van der Waals surface area (Å²) < 4.78 is 0. The number of aliphatic carboxylic acids is 1. The summed E-state index contributed by atoms with van der Waals surface area (Å²) >= 11 is 0.821. The Hall–Kier alpha value is -2.07. The summed E-state index contributed by atoms with van der Waals surface area (Å²) in [7, 11) is 0. The van der Waals surface area contributed by atoms with Gasteiger partial charge < -0.3 is 5.11 Å². The number of rotatable bonds is 4. The number of thioether (sulfide) groups is 1. The summed E-state index contributed by atoms with van der Waals surface area (Å²) in [6.07, 6.45) is 0. The minimum absolute atomic E-state index is 0.0691. The Morgan fingerprint density at radius 2 is 2.31 bits per heavy atom. The number of carboxylic acid groups (broad SMARTS) is 1. The Labute approximate surface area is 94.7 Å². The normalized spacial score (nSPS) is 9.44. The second-order valence-electron chi connectivity index (χ2n) is 2.70. The topological polar surface area (TPSA) is 104 Å². The number of nitro groups is 1. The summed E-state index contributed by atoms with van der Waals surface area (Å²) in [6.45, 7) is 0. The molecule has 0 amide bonds. The molecule has 7 heteroatoms. The third-order valence-corrected chi connectivity index (χ3v) is 2.68. The van der Waals surface area contributed by atoms with Gasteiger partial charge in [-0.2, -0.15) is 5.26 Å². The van der Waals surface area contributed by atoms with Gasteiger partial charge in [0, 0.05) is 0 Å². The highest BCUT2D eigenvalue weighted by atomic mass is 32.2. The Morgan fingerprint density at radius 3 is 2.81 bits per heavy atom. The highest BCUT2D eigenvalue weighted by Gasteiger charge is 2.20. The van der Waals surface area contributed by atoms with Crippen molar-refractivity contribution in [2.75, 3.05) is 5.75 Å². The van der Waals surface area contributed by atoms with E-state index in [1.165, 1.54) is 18.2 Å². The lowest BCUT2D eigenvalue weighted by Gasteiger charge is -2.01. The number of nitrogens with zero attached hydrogens (tertiary/aromatic N) is 2. The second kappa shape index (κ2) is 5.14. The Balaban J connectivity index is 3.13. The maximum Gasteiger partial charge on any atom is 0.313 e. The molecule has 0 saturated carbocycles. The van der Waals surface area contributed by atoms with Crippen LogP contribution in [0.15, 0.2) is 23.1 Å². The van der Waals surface area contributed by atoms with E-state index in [2.05, 4.69) is 0 Å². The van der Waals surface area contributed by atoms with E-state index < -0.39 is 10.9 Å². The molecule has 16 heavy (non-hydrogen) atoms. The van der Waals surface area contributed by atoms with Crippen molar-refractivity contribution in [3.63, 3.8) is 0 Å². The summed E-state index contributed by atoms with van der Waals surface area (Å²) in [4.78, 5) is 20.6. The Kier molecular flexibility index (Phi) is 3.85. The second-order valence-corrected chi connectivity index (χ2v) is 3.72. The van der Waals surface area contributed by atoms with Crippen molar-refractivity contribution in [1.29, 1.82) is 5.26 Å². The first-order valence-electron chi connectivity index (χ1n) is 4.08. The standard InChI is InChI=1S/C9H6N2O4S/c10-4-6-2-1-3-7(9(6)11(14)15)16-5-8(12)13/h1-3H,5H2,(H,12,13). The van der Waals surface area contributed by atoms with Crippen molar-refractivity contribution < 1.29 is 14.8 Å². The zero-order chi connectivity index (χ0) is 12.1. The van der Waals surface area contributed by atoms with Gasteiger partial charge in [-0.25, -0.2) is 0 Å². The van der Waals surface area contributed by atoms with Crippen LogP contribution in [0, 0.1) is 21.4 Å². The lowest BCUT2D eigenvalue weighted by molar-refractivity contribution is -0.388. The van der Waals surface area contributed by atoms with Gasteiger partial charge in [-0.3, -0.25) is 14.9 Å². The molecule has 0 atom stereocenters. The number of benzene rings is 1. The van der Waals surface area contributed by atoms with Gasteiger partial charge in [0.1, 0.15) is 11.6 Å². The van der Waals surface area contributed by atoms with Gasteiger partial charge in [0.15, 0.2) is 0 Å². The molecular formula is C9H6N2O4S. The molecule has 0 bridgehead atoms. The molecule has 1 aromatic carbocycles. The average Bonchev–Trinajstić information content (AvgIpc) is 2.25. The molecule has 6 nitrogen and oxygen atoms in total. The van der Waals surface area contributed by atoms with Gasteiger partial charge in [0.25, 0.3) is 0 Å². The molecule has 0 spiro atoms. The minimum Gasteiger partial charge on any atom is -0.481 e. The number of nitro benzene ring substituents is 1. The van der Waals surface area contributed by atoms with Gasteiger partial charge in [-0.1, -0.05) is 6.07 Å². The van der Waals surface area contributed by atoms with Crippen LogP contribution < -0.4 is 0 Å². The van der Waals surface area contributed by atoms with Gasteiger partial charge in [0.2, 0.25) is 0 Å². The van der Waals surface area contributed by atoms with Crippen molar-refractivity contribution in [3.05, 3.63) is 33.9 Å². The first kappa shape index (κ1) is 12.0. The monoisotopic (exact) mass is 238 g/mol. The van der Waals surface area contributed by atoms with E-state index in [-0.39, 0.29) is 21.9 Å². The average molecular weight is 238 g/mol. The highest BCUT2D eigenvalue weighted by Crippen LogP contribution is 2.31. The predicted octanol–water partition coefficient (Wildman–Crippen LogP) is 1.64. The van der Waals surface area contributed by atoms with E-state index in [1.807, 2.05) is 0 Å². The van der Waals surface area contributed by atoms with E-state index in [9.17, 15) is 14.9 Å². The van der Waals surface area contributed by atoms with Crippen molar-refractivity contribution in [1.82, 2.24) is 0 Å². The molecule has 0 heterocycles. The molecule has 0 aliphatic rings. The van der Waals surface area contributed by atoms with Crippen LogP contribution in [0.5, 0.6) is 0 Å². The Bertz CT molecular complexity index is 481. The summed E-state index contributed by atoms with van der Waals surface area (Å²) in [5, 5.41) is 27.9. The van der Waals surface area contributed by atoms with Crippen LogP contribution >= 0.6 is 11.8 Å². The Morgan fingerprint density at radius 1 is 1.62 bits per heavy atom. The van der Waals surface area contributed by atoms with Crippen molar-refractivity contribution >= 4 is 23.4 Å². The van der Waals surface area contributed by atoms with Gasteiger partial charge in [-0.05, 0) is 12.1 Å². The summed E-state index contributed by atoms with van der Waals surface area (Å²) in [5.41, 5.74) is -0.406. The van der Waals surface area contributed by atoms with E-state index in [0.29, 0.717) is 0 Å². The van der Waals surface area contributed by atoms with E-state index in [0.717, 1.165) is 11.8 Å². The number of hydrogen-bond acceptors (Lipinski definition) is 5. The van der Waals surface area contributed by atoms with Crippen LogP contribution in [-0.4, -0.2) is 21.8 Å². The van der Waals surface area contributed by atoms with Crippen molar-refractivity contribution in [3.8, 4) is 6.07 Å². The van der Waals surface area contributed by atoms with E-state index in [1.54, 1.807) is 6.07 Å². The van der Waals surface area contributed by atoms with E-state index >= 15 is 0 Å². The largest absolute Gasteiger partial charge is 0.481 e. The first-order chi connectivity index (χ1) is 7.56. The lowest BCUT2D eigenvalue weighted by Crippen LogP contribution is -2.00. The number of hydrogen-bond donors (Lipinski definition) is 1. The highest BCUT2D eigenvalue weighted by molar-refractivity contribution is 8.00. The van der Waals surface area contributed by atoms with Crippen LogP contribution in [0.25, 0.3) is 0 Å². The molecule has 1 rings (SSSR count). The first-order valence-corrected chi connectivity index (χ1v) is 5.07. The zero-order valence-electron chi connectivity index (χ0n) is 7.91. The molecule has 0 aliphatic carbocycles. The fourth-order valence-corrected chi connectivity index (χ4v) is 1.83. The number of para-hydroxylation sites is 1. The van der Waals surface area contributed by atoms with Crippen LogP contribution in [-0.2, 0) is 4.79 Å². The molecule has 0 aliphatic heterocycles. The molecule has 1 aromatic rings. The SMILES string of the molecule is N#Cc1cccc(SCC(=O)O)c1[N+](=O)[O-]. The third-order valence-electron chi connectivity index (χ3n) is 1.65. The number of nitriles is 1. The van der Waals surface area contributed by atoms with Crippen LogP contribution in [0.3, 0.4) is 0 Å². The maximum absolute atomic E-state index is 10.7. The minimum atomic E-state index is -1.07. The molecule has 0 fully saturated rings. The zero-order valence-corrected chi connectivity index (χ0v) is 8.73. The van der Waals surface area contributed by atoms with Gasteiger partial charge >= 0.3 is 11.7 Å². The number of carbonyl (C=O) groups is 1. The van der Waals surface area contributed by atoms with Crippen LogP contribution in [0.2, 0.25) is 0 Å². The van der Waals surface area contributed by atoms with Crippen LogP contribution in [0.4, 0.5) is 5.69 Å². The fraction of sp³-hybridized carbons (Fsp3) is 0.111. The maximum atomic E-state index is 10.7. The summed E-state index contributed by atoms with van der Waals surface area (Å²) in [5.74, 6) is -1.35. The third kappa shape index (κ3) is 2.71. The predicted molar refractivity (Wildman–Crippen MR) is 56.2 cm³/mol. The molecule has 0 radical (unpaired) electrons. The molecule has 1 N–H and O–H groups in total. The quantitative estimate of drug-likeness (QED) is 0.485.